The highest BCUT2D eigenvalue weighted by Crippen LogP contribution is 2.24. The third-order valence-electron chi connectivity index (χ3n) is 1.97. The van der Waals surface area contributed by atoms with Gasteiger partial charge in [-0.15, -0.1) is 0 Å². The fourth-order valence-corrected chi connectivity index (χ4v) is 1.35. The van der Waals surface area contributed by atoms with Crippen molar-refractivity contribution in [2.45, 2.75) is 13.0 Å². The van der Waals surface area contributed by atoms with E-state index >= 15 is 0 Å². The Labute approximate surface area is 108 Å². The van der Waals surface area contributed by atoms with Gasteiger partial charge in [-0.05, 0) is 12.1 Å². The molecule has 0 saturated heterocycles. The number of ether oxygens (including phenoxy) is 1. The van der Waals surface area contributed by atoms with E-state index in [0.717, 1.165) is 12.1 Å². The minimum absolute atomic E-state index is 0.0215. The van der Waals surface area contributed by atoms with Gasteiger partial charge in [-0.25, -0.2) is 9.18 Å². The standard InChI is InChI=1S/C11H11ClFNO4/c1-6(15)14-9(11(16)17)5-18-10-4-7(13)2-3-8(10)12/h2-4,9H,5H2,1H3,(H,14,15)(H,16,17). The Hall–Kier alpha value is -1.82. The highest BCUT2D eigenvalue weighted by molar-refractivity contribution is 6.32. The number of benzene rings is 1. The summed E-state index contributed by atoms with van der Waals surface area (Å²) in [5, 5.41) is 11.2. The largest absolute Gasteiger partial charge is 0.489 e. The van der Waals surface area contributed by atoms with Crippen molar-refractivity contribution in [3.8, 4) is 5.75 Å². The van der Waals surface area contributed by atoms with Crippen LogP contribution in [-0.2, 0) is 9.59 Å². The van der Waals surface area contributed by atoms with Gasteiger partial charge in [0.1, 0.15) is 18.2 Å². The van der Waals surface area contributed by atoms with Crippen LogP contribution in [0.3, 0.4) is 0 Å². The van der Waals surface area contributed by atoms with Gasteiger partial charge < -0.3 is 15.2 Å². The van der Waals surface area contributed by atoms with Crippen molar-refractivity contribution in [1.82, 2.24) is 5.32 Å². The SMILES string of the molecule is CC(=O)NC(COc1cc(F)ccc1Cl)C(=O)O. The van der Waals surface area contributed by atoms with E-state index in [1.807, 2.05) is 0 Å². The number of hydrogen-bond acceptors (Lipinski definition) is 3. The number of aliphatic carboxylic acids is 1. The van der Waals surface area contributed by atoms with Crippen LogP contribution in [0, 0.1) is 5.82 Å². The molecular weight excluding hydrogens is 265 g/mol. The molecule has 1 aromatic rings. The van der Waals surface area contributed by atoms with E-state index in [4.69, 9.17) is 21.4 Å². The van der Waals surface area contributed by atoms with Crippen molar-refractivity contribution in [3.05, 3.63) is 29.0 Å². The molecule has 0 aliphatic rings. The summed E-state index contributed by atoms with van der Waals surface area (Å²) in [6, 6.07) is 2.26. The average Bonchev–Trinajstić information content (AvgIpc) is 2.27. The highest BCUT2D eigenvalue weighted by Gasteiger charge is 2.19. The molecule has 18 heavy (non-hydrogen) atoms. The maximum Gasteiger partial charge on any atom is 0.329 e. The molecule has 0 saturated carbocycles. The molecule has 98 valence electrons. The summed E-state index contributed by atoms with van der Waals surface area (Å²) in [4.78, 5) is 21.6. The van der Waals surface area contributed by atoms with Gasteiger partial charge in [0.05, 0.1) is 5.02 Å². The van der Waals surface area contributed by atoms with Crippen LogP contribution in [0.5, 0.6) is 5.75 Å². The van der Waals surface area contributed by atoms with E-state index in [2.05, 4.69) is 5.32 Å². The Morgan fingerprint density at radius 1 is 1.56 bits per heavy atom. The zero-order valence-electron chi connectivity index (χ0n) is 9.44. The molecule has 5 nitrogen and oxygen atoms in total. The molecule has 2 N–H and O–H groups in total. The Kier molecular flexibility index (Phi) is 4.91. The van der Waals surface area contributed by atoms with Crippen LogP contribution in [-0.4, -0.2) is 29.6 Å². The van der Waals surface area contributed by atoms with E-state index < -0.39 is 23.7 Å². The van der Waals surface area contributed by atoms with Crippen LogP contribution >= 0.6 is 11.6 Å². The van der Waals surface area contributed by atoms with Gasteiger partial charge in [-0.3, -0.25) is 4.79 Å². The van der Waals surface area contributed by atoms with Crippen LogP contribution in [0.15, 0.2) is 18.2 Å². The van der Waals surface area contributed by atoms with Gasteiger partial charge >= 0.3 is 5.97 Å². The zero-order valence-corrected chi connectivity index (χ0v) is 10.2. The van der Waals surface area contributed by atoms with Gasteiger partial charge in [-0.1, -0.05) is 11.6 Å². The molecule has 7 heteroatoms. The summed E-state index contributed by atoms with van der Waals surface area (Å²) in [7, 11) is 0. The summed E-state index contributed by atoms with van der Waals surface area (Å²) in [5.74, 6) is -2.29. The van der Waals surface area contributed by atoms with Crippen molar-refractivity contribution in [3.63, 3.8) is 0 Å². The van der Waals surface area contributed by atoms with Crippen molar-refractivity contribution >= 4 is 23.5 Å². The molecule has 0 heterocycles. The lowest BCUT2D eigenvalue weighted by molar-refractivity contribution is -0.142. The fraction of sp³-hybridized carbons (Fsp3) is 0.273. The van der Waals surface area contributed by atoms with E-state index in [-0.39, 0.29) is 17.4 Å². The lowest BCUT2D eigenvalue weighted by Crippen LogP contribution is -2.43. The Balaban J connectivity index is 2.69. The van der Waals surface area contributed by atoms with Crippen molar-refractivity contribution in [2.24, 2.45) is 0 Å². The number of rotatable bonds is 5. The summed E-state index contributed by atoms with van der Waals surface area (Å²) < 4.78 is 18.0. The summed E-state index contributed by atoms with van der Waals surface area (Å²) in [6.07, 6.45) is 0. The van der Waals surface area contributed by atoms with Crippen molar-refractivity contribution < 1.29 is 23.8 Å². The number of carboxylic acids is 1. The number of carbonyl (C=O) groups is 2. The monoisotopic (exact) mass is 275 g/mol. The van der Waals surface area contributed by atoms with Gasteiger partial charge in [0.2, 0.25) is 5.91 Å². The molecule has 0 fully saturated rings. The zero-order chi connectivity index (χ0) is 13.7. The number of amides is 1. The molecule has 0 aliphatic carbocycles. The lowest BCUT2D eigenvalue weighted by Gasteiger charge is -2.15. The molecule has 1 atom stereocenters. The number of hydrogen-bond donors (Lipinski definition) is 2. The molecule has 1 amide bonds. The average molecular weight is 276 g/mol. The van der Waals surface area contributed by atoms with Crippen LogP contribution in [0.25, 0.3) is 0 Å². The molecule has 0 bridgehead atoms. The second-order valence-corrected chi connectivity index (χ2v) is 3.88. The van der Waals surface area contributed by atoms with Gasteiger partial charge in [0.25, 0.3) is 0 Å². The third kappa shape index (κ3) is 4.21. The van der Waals surface area contributed by atoms with E-state index in [1.54, 1.807) is 0 Å². The van der Waals surface area contributed by atoms with E-state index in [1.165, 1.54) is 13.0 Å². The molecule has 1 aromatic carbocycles. The van der Waals surface area contributed by atoms with Crippen molar-refractivity contribution in [2.75, 3.05) is 6.61 Å². The minimum Gasteiger partial charge on any atom is -0.489 e. The smallest absolute Gasteiger partial charge is 0.329 e. The maximum atomic E-state index is 12.9. The number of halogens is 2. The first kappa shape index (κ1) is 14.2. The fourth-order valence-electron chi connectivity index (χ4n) is 1.18. The molecule has 0 spiro atoms. The van der Waals surface area contributed by atoms with Crippen LogP contribution in [0.4, 0.5) is 4.39 Å². The van der Waals surface area contributed by atoms with Crippen LogP contribution in [0.1, 0.15) is 6.92 Å². The van der Waals surface area contributed by atoms with E-state index in [9.17, 15) is 14.0 Å². The molecule has 1 unspecified atom stereocenters. The Morgan fingerprint density at radius 3 is 2.78 bits per heavy atom. The van der Waals surface area contributed by atoms with Gasteiger partial charge in [0, 0.05) is 13.0 Å². The van der Waals surface area contributed by atoms with Crippen LogP contribution < -0.4 is 10.1 Å². The van der Waals surface area contributed by atoms with Gasteiger partial charge in [0.15, 0.2) is 6.04 Å². The number of nitrogens with one attached hydrogen (secondary N) is 1. The first-order valence-electron chi connectivity index (χ1n) is 4.98. The summed E-state index contributed by atoms with van der Waals surface area (Å²) in [6.45, 7) is 0.836. The first-order valence-corrected chi connectivity index (χ1v) is 5.35. The first-order chi connectivity index (χ1) is 8.40. The highest BCUT2D eigenvalue weighted by atomic mass is 35.5. The molecular formula is C11H11ClFNO4. The topological polar surface area (TPSA) is 75.6 Å². The summed E-state index contributed by atoms with van der Waals surface area (Å²) >= 11 is 5.74. The second kappa shape index (κ2) is 6.20. The molecule has 0 radical (unpaired) electrons. The van der Waals surface area contributed by atoms with Gasteiger partial charge in [-0.2, -0.15) is 0 Å². The molecule has 0 aliphatic heterocycles. The predicted octanol–water partition coefficient (Wildman–Crippen LogP) is 1.45. The predicted molar refractivity (Wildman–Crippen MR) is 62.1 cm³/mol. The van der Waals surface area contributed by atoms with Crippen LogP contribution in [0.2, 0.25) is 5.02 Å². The Bertz CT molecular complexity index is 466. The maximum absolute atomic E-state index is 12.9. The molecule has 1 rings (SSSR count). The molecule has 0 aromatic heterocycles. The number of carboxylic acid groups (broad SMARTS) is 1. The van der Waals surface area contributed by atoms with E-state index in [0.29, 0.717) is 0 Å². The summed E-state index contributed by atoms with van der Waals surface area (Å²) in [5.41, 5.74) is 0. The lowest BCUT2D eigenvalue weighted by atomic mass is 10.3. The Morgan fingerprint density at radius 2 is 2.22 bits per heavy atom. The number of carbonyl (C=O) groups excluding carboxylic acids is 1. The quantitative estimate of drug-likeness (QED) is 0.853. The second-order valence-electron chi connectivity index (χ2n) is 3.48. The normalized spacial score (nSPS) is 11.7. The third-order valence-corrected chi connectivity index (χ3v) is 2.29. The van der Waals surface area contributed by atoms with Crippen molar-refractivity contribution in [1.29, 1.82) is 0 Å². The minimum atomic E-state index is -1.25.